The van der Waals surface area contributed by atoms with Crippen molar-refractivity contribution in [3.63, 3.8) is 0 Å². The van der Waals surface area contributed by atoms with Crippen LogP contribution in [0, 0.1) is 24.0 Å². The maximum atomic E-state index is 13.1. The van der Waals surface area contributed by atoms with Gasteiger partial charge in [-0.2, -0.15) is 0 Å². The van der Waals surface area contributed by atoms with Crippen LogP contribution in [-0.2, 0) is 11.3 Å². The highest BCUT2D eigenvalue weighted by Crippen LogP contribution is 2.21. The van der Waals surface area contributed by atoms with Crippen LogP contribution in [-0.4, -0.2) is 52.9 Å². The lowest BCUT2D eigenvalue weighted by molar-refractivity contribution is -0.384. The van der Waals surface area contributed by atoms with Gasteiger partial charge in [0.1, 0.15) is 0 Å². The maximum absolute atomic E-state index is 13.1. The minimum absolute atomic E-state index is 0.0489. The molecule has 0 heterocycles. The molecule has 32 heavy (non-hydrogen) atoms. The normalized spacial score (nSPS) is 12.2. The number of nitro benzene ring substituents is 1. The Morgan fingerprint density at radius 3 is 2.16 bits per heavy atom. The summed E-state index contributed by atoms with van der Waals surface area (Å²) >= 11 is 0. The lowest BCUT2D eigenvalue weighted by Crippen LogP contribution is -2.43. The quantitative estimate of drug-likeness (QED) is 0.380. The second-order valence-corrected chi connectivity index (χ2v) is 8.21. The molecule has 1 unspecified atom stereocenters. The number of non-ortho nitro benzene ring substituents is 1. The van der Waals surface area contributed by atoms with Gasteiger partial charge >= 0.3 is 0 Å². The van der Waals surface area contributed by atoms with Gasteiger partial charge in [-0.15, -0.1) is 0 Å². The molecule has 0 saturated heterocycles. The highest BCUT2D eigenvalue weighted by molar-refractivity contribution is 5.95. The molecule has 0 fully saturated rings. The minimum Gasteiger partial charge on any atom is -0.324 e. The Bertz CT molecular complexity index is 874. The summed E-state index contributed by atoms with van der Waals surface area (Å²) in [6.07, 6.45) is 0.940. The van der Waals surface area contributed by atoms with Crippen LogP contribution in [0.25, 0.3) is 0 Å². The number of anilines is 1. The second kappa shape index (κ2) is 12.3. The monoisotopic (exact) mass is 440 g/mol. The molecule has 1 amide bonds. The highest BCUT2D eigenvalue weighted by atomic mass is 16.6. The summed E-state index contributed by atoms with van der Waals surface area (Å²) in [6.45, 7) is 14.5. The zero-order valence-electron chi connectivity index (χ0n) is 19.9. The molecule has 0 bridgehead atoms. The van der Waals surface area contributed by atoms with E-state index in [-0.39, 0.29) is 17.6 Å². The third kappa shape index (κ3) is 7.14. The van der Waals surface area contributed by atoms with E-state index in [0.717, 1.165) is 55.0 Å². The maximum Gasteiger partial charge on any atom is 0.269 e. The van der Waals surface area contributed by atoms with Crippen molar-refractivity contribution in [2.24, 2.45) is 0 Å². The van der Waals surface area contributed by atoms with Crippen LogP contribution in [0.5, 0.6) is 0 Å². The number of rotatable bonds is 12. The first-order chi connectivity index (χ1) is 15.3. The van der Waals surface area contributed by atoms with Crippen LogP contribution in [0.2, 0.25) is 0 Å². The number of amides is 1. The highest BCUT2D eigenvalue weighted by Gasteiger charge is 2.23. The number of carbonyl (C=O) groups is 1. The van der Waals surface area contributed by atoms with Gasteiger partial charge in [0.25, 0.3) is 5.69 Å². The SMILES string of the molecule is CCN(CC)CCCN(Cc1ccc([N+](=O)[O-])cc1)C(C)C(=O)Nc1c(C)cccc1C. The van der Waals surface area contributed by atoms with E-state index < -0.39 is 4.92 Å². The van der Waals surface area contributed by atoms with E-state index in [1.54, 1.807) is 12.1 Å². The number of nitrogens with one attached hydrogen (secondary N) is 1. The number of nitro groups is 1. The molecule has 0 aromatic heterocycles. The Balaban J connectivity index is 2.15. The average molecular weight is 441 g/mol. The van der Waals surface area contributed by atoms with Crippen molar-refractivity contribution in [3.05, 3.63) is 69.3 Å². The van der Waals surface area contributed by atoms with Gasteiger partial charge in [0.2, 0.25) is 5.91 Å². The lowest BCUT2D eigenvalue weighted by Gasteiger charge is -2.30. The van der Waals surface area contributed by atoms with Gasteiger partial charge in [-0.05, 0) is 63.5 Å². The van der Waals surface area contributed by atoms with E-state index in [4.69, 9.17) is 0 Å². The predicted molar refractivity (Wildman–Crippen MR) is 130 cm³/mol. The van der Waals surface area contributed by atoms with Gasteiger partial charge in [-0.3, -0.25) is 19.8 Å². The van der Waals surface area contributed by atoms with Gasteiger partial charge in [0, 0.05) is 30.9 Å². The van der Waals surface area contributed by atoms with Crippen molar-refractivity contribution < 1.29 is 9.72 Å². The first kappa shape index (κ1) is 25.5. The number of hydrogen-bond acceptors (Lipinski definition) is 5. The van der Waals surface area contributed by atoms with Crippen molar-refractivity contribution in [2.45, 2.75) is 53.6 Å². The van der Waals surface area contributed by atoms with E-state index >= 15 is 0 Å². The van der Waals surface area contributed by atoms with Crippen LogP contribution in [0.1, 0.15) is 43.9 Å². The van der Waals surface area contributed by atoms with Gasteiger partial charge in [-0.25, -0.2) is 0 Å². The molecule has 2 rings (SSSR count). The van der Waals surface area contributed by atoms with Crippen LogP contribution >= 0.6 is 0 Å². The van der Waals surface area contributed by atoms with E-state index in [0.29, 0.717) is 6.54 Å². The van der Waals surface area contributed by atoms with Crippen molar-refractivity contribution in [2.75, 3.05) is 31.5 Å². The molecule has 2 aromatic carbocycles. The van der Waals surface area contributed by atoms with Crippen LogP contribution in [0.15, 0.2) is 42.5 Å². The Labute approximate surface area is 191 Å². The van der Waals surface area contributed by atoms with Crippen LogP contribution < -0.4 is 5.32 Å². The number of nitrogens with zero attached hydrogens (tertiary/aromatic N) is 3. The van der Waals surface area contributed by atoms with Crippen molar-refractivity contribution in [1.82, 2.24) is 9.80 Å². The fourth-order valence-corrected chi connectivity index (χ4v) is 3.81. The summed E-state index contributed by atoms with van der Waals surface area (Å²) < 4.78 is 0. The van der Waals surface area contributed by atoms with Gasteiger partial charge in [-0.1, -0.05) is 44.2 Å². The minimum atomic E-state index is -0.397. The number of benzene rings is 2. The molecule has 7 heteroatoms. The summed E-state index contributed by atoms with van der Waals surface area (Å²) in [5.74, 6) is -0.0489. The summed E-state index contributed by atoms with van der Waals surface area (Å²) in [4.78, 5) is 28.2. The smallest absolute Gasteiger partial charge is 0.269 e. The zero-order chi connectivity index (χ0) is 23.7. The van der Waals surface area contributed by atoms with E-state index in [1.807, 2.05) is 39.0 Å². The molecule has 0 aliphatic rings. The third-order valence-corrected chi connectivity index (χ3v) is 6.00. The standard InChI is InChI=1S/C25H36N4O3/c1-6-27(7-2)16-9-17-28(18-22-12-14-23(15-13-22)29(31)32)21(5)25(30)26-24-19(3)10-8-11-20(24)4/h8,10-15,21H,6-7,9,16-18H2,1-5H3,(H,26,30). The summed E-state index contributed by atoms with van der Waals surface area (Å²) in [7, 11) is 0. The first-order valence-corrected chi connectivity index (χ1v) is 11.3. The fraction of sp³-hybridized carbons (Fsp3) is 0.480. The van der Waals surface area contributed by atoms with E-state index in [1.165, 1.54) is 12.1 Å². The fourth-order valence-electron chi connectivity index (χ4n) is 3.81. The van der Waals surface area contributed by atoms with Gasteiger partial charge in [0.15, 0.2) is 0 Å². The number of para-hydroxylation sites is 1. The molecule has 0 aliphatic carbocycles. The molecule has 174 valence electrons. The van der Waals surface area contributed by atoms with E-state index in [2.05, 4.69) is 29.0 Å². The summed E-state index contributed by atoms with van der Waals surface area (Å²) in [5.41, 5.74) is 3.96. The molecule has 2 aromatic rings. The number of aryl methyl sites for hydroxylation is 2. The predicted octanol–water partition coefficient (Wildman–Crippen LogP) is 4.77. The summed E-state index contributed by atoms with van der Waals surface area (Å²) in [5, 5.41) is 14.1. The van der Waals surface area contributed by atoms with Gasteiger partial charge in [0.05, 0.1) is 11.0 Å². The van der Waals surface area contributed by atoms with Crippen molar-refractivity contribution >= 4 is 17.3 Å². The Kier molecular flexibility index (Phi) is 9.81. The number of hydrogen-bond donors (Lipinski definition) is 1. The topological polar surface area (TPSA) is 78.7 Å². The molecule has 0 radical (unpaired) electrons. The summed E-state index contributed by atoms with van der Waals surface area (Å²) in [6, 6.07) is 12.2. The molecule has 1 atom stereocenters. The molecule has 7 nitrogen and oxygen atoms in total. The Morgan fingerprint density at radius 1 is 1.03 bits per heavy atom. The van der Waals surface area contributed by atoms with Gasteiger partial charge < -0.3 is 10.2 Å². The molecular formula is C25H36N4O3. The average Bonchev–Trinajstić information content (AvgIpc) is 2.78. The number of carbonyl (C=O) groups excluding carboxylic acids is 1. The third-order valence-electron chi connectivity index (χ3n) is 6.00. The van der Waals surface area contributed by atoms with E-state index in [9.17, 15) is 14.9 Å². The van der Waals surface area contributed by atoms with Crippen molar-refractivity contribution in [1.29, 1.82) is 0 Å². The molecule has 0 aliphatic heterocycles. The molecular weight excluding hydrogens is 404 g/mol. The zero-order valence-corrected chi connectivity index (χ0v) is 19.9. The van der Waals surface area contributed by atoms with Crippen molar-refractivity contribution in [3.8, 4) is 0 Å². The first-order valence-electron chi connectivity index (χ1n) is 11.3. The molecule has 1 N–H and O–H groups in total. The molecule has 0 spiro atoms. The largest absolute Gasteiger partial charge is 0.324 e. The van der Waals surface area contributed by atoms with Crippen LogP contribution in [0.4, 0.5) is 11.4 Å². The lowest BCUT2D eigenvalue weighted by atomic mass is 10.1. The second-order valence-electron chi connectivity index (χ2n) is 8.21. The Morgan fingerprint density at radius 2 is 1.62 bits per heavy atom. The molecule has 0 saturated carbocycles. The Hall–Kier alpha value is -2.77. The van der Waals surface area contributed by atoms with Crippen LogP contribution in [0.3, 0.4) is 0 Å².